The maximum Gasteiger partial charge on any atom is 0.242 e. The molecule has 10 nitrogen and oxygen atoms in total. The van der Waals surface area contributed by atoms with Gasteiger partial charge in [0.2, 0.25) is 36.2 Å². The van der Waals surface area contributed by atoms with Crippen LogP contribution in [0.2, 0.25) is 0 Å². The molecule has 1 aromatic heterocycles. The van der Waals surface area contributed by atoms with Gasteiger partial charge in [-0.3, -0.25) is 14.8 Å². The smallest absolute Gasteiger partial charge is 0.242 e. The van der Waals surface area contributed by atoms with E-state index in [1.165, 1.54) is 0 Å². The second-order valence-corrected chi connectivity index (χ2v) is 10.6. The predicted molar refractivity (Wildman–Crippen MR) is 95.3 cm³/mol. The van der Waals surface area contributed by atoms with Crippen molar-refractivity contribution in [2.45, 2.75) is 38.6 Å². The van der Waals surface area contributed by atoms with Crippen molar-refractivity contribution in [2.24, 2.45) is 5.92 Å². The summed E-state index contributed by atoms with van der Waals surface area (Å²) in [5.74, 6) is -0.900. The maximum absolute atomic E-state index is 12.1. The van der Waals surface area contributed by atoms with Crippen molar-refractivity contribution in [1.82, 2.24) is 14.9 Å². The molecule has 3 N–H and O–H groups in total. The fourth-order valence-electron chi connectivity index (χ4n) is 2.48. The van der Waals surface area contributed by atoms with E-state index in [4.69, 9.17) is 0 Å². The van der Waals surface area contributed by atoms with Crippen LogP contribution in [0.25, 0.3) is 0 Å². The van der Waals surface area contributed by atoms with Gasteiger partial charge < -0.3 is 0 Å². The number of aromatic nitrogens is 2. The van der Waals surface area contributed by atoms with Crippen molar-refractivity contribution in [1.29, 1.82) is 0 Å². The topological polar surface area (TPSA) is 147 Å². The molecular formula is C12H21N5O5S3. The molecule has 1 heterocycles. The Bertz CT molecular complexity index is 812. The number of nitrogens with one attached hydrogen (secondary N) is 3. The van der Waals surface area contributed by atoms with Crippen molar-refractivity contribution < 1.29 is 21.6 Å². The largest absolute Gasteiger partial charge is 0.300 e. The van der Waals surface area contributed by atoms with Gasteiger partial charge in [-0.15, -0.1) is 10.2 Å². The van der Waals surface area contributed by atoms with Gasteiger partial charge >= 0.3 is 0 Å². The van der Waals surface area contributed by atoms with Crippen molar-refractivity contribution in [3.63, 3.8) is 0 Å². The predicted octanol–water partition coefficient (Wildman–Crippen LogP) is 0.346. The minimum absolute atomic E-state index is 0.0119. The Morgan fingerprint density at radius 1 is 1.12 bits per heavy atom. The highest BCUT2D eigenvalue weighted by atomic mass is 32.2. The number of nitrogens with zero attached hydrogens (tertiary/aromatic N) is 2. The molecular weight excluding hydrogens is 390 g/mol. The number of carbonyl (C=O) groups excluding carboxylic acids is 1. The normalized spacial score (nSPS) is 21.7. The minimum Gasteiger partial charge on any atom is -0.300 e. The molecule has 0 spiro atoms. The zero-order valence-electron chi connectivity index (χ0n) is 13.9. The first-order valence-electron chi connectivity index (χ1n) is 7.63. The number of rotatable bonds is 7. The highest BCUT2D eigenvalue weighted by Gasteiger charge is 2.25. The summed E-state index contributed by atoms with van der Waals surface area (Å²) in [5.41, 5.74) is 0. The quantitative estimate of drug-likeness (QED) is 0.586. The molecule has 0 radical (unpaired) electrons. The van der Waals surface area contributed by atoms with Crippen molar-refractivity contribution in [2.75, 3.05) is 22.0 Å². The van der Waals surface area contributed by atoms with E-state index >= 15 is 0 Å². The Morgan fingerprint density at radius 3 is 2.32 bits per heavy atom. The average molecular weight is 412 g/mol. The second kappa shape index (κ2) is 7.93. The molecule has 1 aliphatic carbocycles. The summed E-state index contributed by atoms with van der Waals surface area (Å²) < 4.78 is 51.0. The van der Waals surface area contributed by atoms with Crippen molar-refractivity contribution in [3.8, 4) is 0 Å². The van der Waals surface area contributed by atoms with E-state index in [1.807, 2.05) is 0 Å². The fraction of sp³-hybridized carbons (Fsp3) is 0.750. The Kier molecular flexibility index (Phi) is 6.35. The summed E-state index contributed by atoms with van der Waals surface area (Å²) in [5, 5.41) is 9.43. The lowest BCUT2D eigenvalue weighted by Crippen LogP contribution is -2.41. The summed E-state index contributed by atoms with van der Waals surface area (Å²) in [6.45, 7) is 2.13. The summed E-state index contributed by atoms with van der Waals surface area (Å²) >= 11 is 0.790. The maximum atomic E-state index is 12.1. The molecule has 1 amide bonds. The van der Waals surface area contributed by atoms with Crippen LogP contribution in [-0.4, -0.2) is 51.0 Å². The molecule has 1 saturated carbocycles. The lowest BCUT2D eigenvalue weighted by atomic mass is 9.88. The first-order valence-corrected chi connectivity index (χ1v) is 12.0. The average Bonchev–Trinajstić information content (AvgIpc) is 2.85. The first kappa shape index (κ1) is 20.0. The van der Waals surface area contributed by atoms with Crippen LogP contribution in [0, 0.1) is 5.92 Å². The van der Waals surface area contributed by atoms with Crippen LogP contribution in [-0.2, 0) is 24.8 Å². The lowest BCUT2D eigenvalue weighted by molar-refractivity contribution is -0.113. The zero-order chi connectivity index (χ0) is 18.7. The van der Waals surface area contributed by atoms with E-state index in [0.717, 1.165) is 43.3 Å². The van der Waals surface area contributed by atoms with E-state index in [9.17, 15) is 21.6 Å². The highest BCUT2D eigenvalue weighted by molar-refractivity contribution is 7.92. The third-order valence-corrected chi connectivity index (χ3v) is 6.41. The zero-order valence-corrected chi connectivity index (χ0v) is 16.3. The van der Waals surface area contributed by atoms with Gasteiger partial charge in [-0.2, -0.15) is 0 Å². The molecule has 0 unspecified atom stereocenters. The number of hydrogen-bond acceptors (Lipinski definition) is 8. The van der Waals surface area contributed by atoms with Crippen LogP contribution >= 0.6 is 11.3 Å². The number of amides is 1. The molecule has 0 aromatic carbocycles. The first-order chi connectivity index (χ1) is 11.5. The Balaban J connectivity index is 1.86. The summed E-state index contributed by atoms with van der Waals surface area (Å²) in [6, 6.07) is -0.138. The standard InChI is InChI=1S/C12H21N5O5S3/c1-8-3-5-9(6-4-8)16-25(21,22)7-10(18)13-11-14-15-12(23-11)17-24(2,19)20/h8-9,16H,3-7H2,1-2H3,(H,15,17)(H,13,14,18). The van der Waals surface area contributed by atoms with Gasteiger partial charge in [-0.1, -0.05) is 18.3 Å². The molecule has 2 rings (SSSR count). The molecule has 0 aliphatic heterocycles. The molecule has 0 atom stereocenters. The van der Waals surface area contributed by atoms with E-state index in [2.05, 4.69) is 31.9 Å². The Morgan fingerprint density at radius 2 is 1.72 bits per heavy atom. The molecule has 142 valence electrons. The van der Waals surface area contributed by atoms with Crippen LogP contribution < -0.4 is 14.8 Å². The Hall–Kier alpha value is -1.31. The van der Waals surface area contributed by atoms with E-state index < -0.39 is 31.7 Å². The van der Waals surface area contributed by atoms with Crippen molar-refractivity contribution in [3.05, 3.63) is 0 Å². The van der Waals surface area contributed by atoms with Gasteiger partial charge in [-0.25, -0.2) is 21.6 Å². The van der Waals surface area contributed by atoms with E-state index in [1.54, 1.807) is 0 Å². The number of sulfonamides is 2. The van der Waals surface area contributed by atoms with E-state index in [-0.39, 0.29) is 16.3 Å². The van der Waals surface area contributed by atoms with Crippen LogP contribution in [0.15, 0.2) is 0 Å². The van der Waals surface area contributed by atoms with Crippen LogP contribution in [0.1, 0.15) is 32.6 Å². The van der Waals surface area contributed by atoms with Crippen LogP contribution in [0.4, 0.5) is 10.3 Å². The minimum atomic E-state index is -3.76. The molecule has 1 fully saturated rings. The third-order valence-electron chi connectivity index (χ3n) is 3.63. The van der Waals surface area contributed by atoms with Crippen LogP contribution in [0.5, 0.6) is 0 Å². The van der Waals surface area contributed by atoms with Gasteiger partial charge in [0.15, 0.2) is 0 Å². The summed E-state index contributed by atoms with van der Waals surface area (Å²) in [4.78, 5) is 11.9. The third kappa shape index (κ3) is 7.22. The number of anilines is 2. The summed E-state index contributed by atoms with van der Waals surface area (Å²) in [6.07, 6.45) is 4.40. The van der Waals surface area contributed by atoms with Gasteiger partial charge in [0.25, 0.3) is 0 Å². The molecule has 0 bridgehead atoms. The van der Waals surface area contributed by atoms with Gasteiger partial charge in [0.1, 0.15) is 5.75 Å². The summed E-state index contributed by atoms with van der Waals surface area (Å²) in [7, 11) is -7.26. The van der Waals surface area contributed by atoms with Gasteiger partial charge in [-0.05, 0) is 31.6 Å². The molecule has 1 aliphatic rings. The lowest BCUT2D eigenvalue weighted by Gasteiger charge is -2.26. The number of carbonyl (C=O) groups is 1. The van der Waals surface area contributed by atoms with Gasteiger partial charge in [0, 0.05) is 6.04 Å². The monoisotopic (exact) mass is 411 g/mol. The molecule has 25 heavy (non-hydrogen) atoms. The van der Waals surface area contributed by atoms with Crippen LogP contribution in [0.3, 0.4) is 0 Å². The fourth-order valence-corrected chi connectivity index (χ4v) is 5.21. The Labute approximate surface area is 150 Å². The second-order valence-electron chi connectivity index (χ2n) is 6.17. The molecule has 1 aromatic rings. The van der Waals surface area contributed by atoms with E-state index in [0.29, 0.717) is 5.92 Å². The molecule has 0 saturated heterocycles. The highest BCUT2D eigenvalue weighted by Crippen LogP contribution is 2.24. The van der Waals surface area contributed by atoms with Crippen molar-refractivity contribution >= 4 is 47.6 Å². The number of hydrogen-bond donors (Lipinski definition) is 3. The SMILES string of the molecule is CC1CCC(NS(=O)(=O)CC(=O)Nc2nnc(NS(C)(=O)=O)s2)CC1. The molecule has 13 heteroatoms. The van der Waals surface area contributed by atoms with Gasteiger partial charge in [0.05, 0.1) is 6.26 Å².